The largest absolute Gasteiger partial charge is 0.423 e. The van der Waals surface area contributed by atoms with E-state index in [0.717, 1.165) is 17.1 Å². The highest BCUT2D eigenvalue weighted by atomic mass is 19.1. The molecule has 1 heterocycles. The Balaban J connectivity index is 1.81. The van der Waals surface area contributed by atoms with Gasteiger partial charge in [-0.3, -0.25) is 0 Å². The monoisotopic (exact) mass is 309 g/mol. The first-order chi connectivity index (χ1) is 11.1. The first kappa shape index (κ1) is 15.0. The molecule has 2 aromatic carbocycles. The number of aromatic nitrogens is 1. The number of carbonyl (C=O) groups excluding carboxylic acids is 1. The second-order valence-electron chi connectivity index (χ2n) is 5.31. The van der Waals surface area contributed by atoms with Crippen molar-refractivity contribution in [3.8, 4) is 11.4 Å². The normalized spacial score (nSPS) is 10.6. The van der Waals surface area contributed by atoms with Gasteiger partial charge in [0, 0.05) is 17.1 Å². The number of hydrogen-bond donors (Lipinski definition) is 0. The maximum Gasteiger partial charge on any atom is 0.346 e. The smallest absolute Gasteiger partial charge is 0.346 e. The van der Waals surface area contributed by atoms with E-state index >= 15 is 0 Å². The van der Waals surface area contributed by atoms with Crippen LogP contribution in [0.4, 0.5) is 4.39 Å². The molecule has 0 aliphatic rings. The van der Waals surface area contributed by atoms with Crippen LogP contribution in [-0.2, 0) is 0 Å². The molecule has 4 heteroatoms. The van der Waals surface area contributed by atoms with E-state index in [1.165, 1.54) is 18.2 Å². The zero-order chi connectivity index (χ0) is 16.4. The van der Waals surface area contributed by atoms with Crippen LogP contribution in [0, 0.1) is 19.7 Å². The van der Waals surface area contributed by atoms with Crippen LogP contribution in [0.2, 0.25) is 0 Å². The summed E-state index contributed by atoms with van der Waals surface area (Å²) in [6.07, 6.45) is 0. The van der Waals surface area contributed by atoms with Crippen molar-refractivity contribution in [2.24, 2.45) is 0 Å². The predicted molar refractivity (Wildman–Crippen MR) is 86.6 cm³/mol. The zero-order valence-electron chi connectivity index (χ0n) is 12.9. The highest BCUT2D eigenvalue weighted by Gasteiger charge is 2.13. The molecule has 0 fully saturated rings. The summed E-state index contributed by atoms with van der Waals surface area (Å²) in [4.78, 5) is 12.0. The minimum Gasteiger partial charge on any atom is -0.423 e. The van der Waals surface area contributed by atoms with Crippen LogP contribution in [0.15, 0.2) is 60.7 Å². The Morgan fingerprint density at radius 3 is 2.13 bits per heavy atom. The third-order valence-corrected chi connectivity index (χ3v) is 3.67. The molecule has 0 spiro atoms. The molecule has 0 aliphatic carbocycles. The first-order valence-electron chi connectivity index (χ1n) is 7.28. The van der Waals surface area contributed by atoms with Crippen molar-refractivity contribution >= 4 is 5.97 Å². The van der Waals surface area contributed by atoms with E-state index in [9.17, 15) is 9.18 Å². The average Bonchev–Trinajstić information content (AvgIpc) is 2.87. The number of ether oxygens (including phenoxy) is 1. The second kappa shape index (κ2) is 6.08. The zero-order valence-corrected chi connectivity index (χ0v) is 12.9. The van der Waals surface area contributed by atoms with Gasteiger partial charge in [-0.2, -0.15) is 0 Å². The van der Waals surface area contributed by atoms with Gasteiger partial charge in [0.2, 0.25) is 0 Å². The van der Waals surface area contributed by atoms with Gasteiger partial charge in [-0.25, -0.2) is 9.18 Å². The topological polar surface area (TPSA) is 31.2 Å². The Kier molecular flexibility index (Phi) is 3.98. The summed E-state index contributed by atoms with van der Waals surface area (Å²) in [6.45, 7) is 4.05. The van der Waals surface area contributed by atoms with Gasteiger partial charge in [0.25, 0.3) is 0 Å². The van der Waals surface area contributed by atoms with Crippen LogP contribution in [0.1, 0.15) is 21.7 Å². The minimum absolute atomic E-state index is 0.0753. The van der Waals surface area contributed by atoms with Gasteiger partial charge in [0.15, 0.2) is 0 Å². The van der Waals surface area contributed by atoms with Crippen molar-refractivity contribution in [1.82, 2.24) is 4.57 Å². The summed E-state index contributed by atoms with van der Waals surface area (Å²) >= 11 is 0. The molecule has 0 saturated heterocycles. The van der Waals surface area contributed by atoms with Gasteiger partial charge in [-0.1, -0.05) is 12.1 Å². The molecule has 0 aliphatic heterocycles. The van der Waals surface area contributed by atoms with E-state index in [1.54, 1.807) is 18.2 Å². The van der Waals surface area contributed by atoms with Gasteiger partial charge in [0.1, 0.15) is 11.6 Å². The molecule has 3 nitrogen and oxygen atoms in total. The predicted octanol–water partition coefficient (Wildman–Crippen LogP) is 4.45. The first-order valence-corrected chi connectivity index (χ1v) is 7.28. The number of benzene rings is 2. The number of aryl methyl sites for hydroxylation is 2. The van der Waals surface area contributed by atoms with Crippen molar-refractivity contribution in [3.63, 3.8) is 0 Å². The fourth-order valence-corrected chi connectivity index (χ4v) is 2.53. The van der Waals surface area contributed by atoms with Crippen LogP contribution in [0.3, 0.4) is 0 Å². The maximum atomic E-state index is 13.6. The molecule has 0 atom stereocenters. The molecule has 3 rings (SSSR count). The molecule has 1 aromatic heterocycles. The lowest BCUT2D eigenvalue weighted by Crippen LogP contribution is -2.10. The third kappa shape index (κ3) is 3.01. The van der Waals surface area contributed by atoms with Gasteiger partial charge < -0.3 is 9.30 Å². The Labute approximate surface area is 134 Å². The summed E-state index contributed by atoms with van der Waals surface area (Å²) in [5.41, 5.74) is 3.15. The van der Waals surface area contributed by atoms with Crippen molar-refractivity contribution in [2.75, 3.05) is 0 Å². The molecule has 0 saturated carbocycles. The molecule has 116 valence electrons. The molecule has 0 unspecified atom stereocenters. The maximum absolute atomic E-state index is 13.6. The van der Waals surface area contributed by atoms with Crippen molar-refractivity contribution in [1.29, 1.82) is 0 Å². The Hall–Kier alpha value is -2.88. The molecule has 3 aromatic rings. The fraction of sp³-hybridized carbons (Fsp3) is 0.105. The van der Waals surface area contributed by atoms with Gasteiger partial charge in [-0.15, -0.1) is 0 Å². The van der Waals surface area contributed by atoms with E-state index < -0.39 is 11.8 Å². The number of carbonyl (C=O) groups is 1. The molecule has 0 N–H and O–H groups in total. The van der Waals surface area contributed by atoms with Gasteiger partial charge in [-0.05, 0) is 62.4 Å². The molecular weight excluding hydrogens is 293 g/mol. The Bertz CT molecular complexity index is 831. The number of esters is 1. The number of nitrogens with zero attached hydrogens (tertiary/aromatic N) is 1. The summed E-state index contributed by atoms with van der Waals surface area (Å²) in [6, 6.07) is 17.0. The van der Waals surface area contributed by atoms with Crippen molar-refractivity contribution in [3.05, 3.63) is 83.4 Å². The van der Waals surface area contributed by atoms with E-state index in [-0.39, 0.29) is 5.56 Å². The molecule has 23 heavy (non-hydrogen) atoms. The van der Waals surface area contributed by atoms with Crippen LogP contribution in [-0.4, -0.2) is 10.5 Å². The van der Waals surface area contributed by atoms with Crippen LogP contribution < -0.4 is 4.74 Å². The van der Waals surface area contributed by atoms with E-state index in [0.29, 0.717) is 5.75 Å². The highest BCUT2D eigenvalue weighted by molar-refractivity contribution is 5.91. The van der Waals surface area contributed by atoms with E-state index in [1.807, 2.05) is 38.1 Å². The number of halogens is 1. The van der Waals surface area contributed by atoms with E-state index in [2.05, 4.69) is 4.57 Å². The fourth-order valence-electron chi connectivity index (χ4n) is 2.53. The second-order valence-corrected chi connectivity index (χ2v) is 5.31. The van der Waals surface area contributed by atoms with E-state index in [4.69, 9.17) is 4.74 Å². The molecule has 0 amide bonds. The van der Waals surface area contributed by atoms with Crippen molar-refractivity contribution in [2.45, 2.75) is 13.8 Å². The van der Waals surface area contributed by atoms with Gasteiger partial charge in [0.05, 0.1) is 5.56 Å². The number of rotatable bonds is 3. The molecule has 0 radical (unpaired) electrons. The minimum atomic E-state index is -0.704. The van der Waals surface area contributed by atoms with Gasteiger partial charge >= 0.3 is 5.97 Å². The molecule has 0 bridgehead atoms. The Morgan fingerprint density at radius 2 is 1.52 bits per heavy atom. The lowest BCUT2D eigenvalue weighted by Gasteiger charge is -2.10. The van der Waals surface area contributed by atoms with Crippen LogP contribution in [0.25, 0.3) is 5.69 Å². The Morgan fingerprint density at radius 1 is 0.913 bits per heavy atom. The summed E-state index contributed by atoms with van der Waals surface area (Å²) in [5.74, 6) is -0.915. The SMILES string of the molecule is Cc1ccc(C)n1-c1ccc(OC(=O)c2ccccc2F)cc1. The summed E-state index contributed by atoms with van der Waals surface area (Å²) in [7, 11) is 0. The molecular formula is C19H16FNO2. The lowest BCUT2D eigenvalue weighted by atomic mass is 10.2. The third-order valence-electron chi connectivity index (χ3n) is 3.67. The van der Waals surface area contributed by atoms with Crippen LogP contribution >= 0.6 is 0 Å². The highest BCUT2D eigenvalue weighted by Crippen LogP contribution is 2.20. The standard InChI is InChI=1S/C19H16FNO2/c1-13-7-8-14(2)21(13)15-9-11-16(12-10-15)23-19(22)17-5-3-4-6-18(17)20/h3-12H,1-2H3. The van der Waals surface area contributed by atoms with Crippen molar-refractivity contribution < 1.29 is 13.9 Å². The average molecular weight is 309 g/mol. The lowest BCUT2D eigenvalue weighted by molar-refractivity contribution is 0.0730. The number of hydrogen-bond acceptors (Lipinski definition) is 2. The van der Waals surface area contributed by atoms with Crippen LogP contribution in [0.5, 0.6) is 5.75 Å². The quantitative estimate of drug-likeness (QED) is 0.528. The summed E-state index contributed by atoms with van der Waals surface area (Å²) < 4.78 is 20.9. The summed E-state index contributed by atoms with van der Waals surface area (Å²) in [5, 5.41) is 0.